The Labute approximate surface area is 127 Å². The standard InChI is InChI=1S/C18H24N2O/c1-3-5-8-12-21-18-13-15(14-19-11-4-2)20-17-10-7-6-9-16(17)18/h3,6-7,9-10,13,19H,1,4-5,8,11-12,14H2,2H3. The molecule has 21 heavy (non-hydrogen) atoms. The van der Waals surface area contributed by atoms with E-state index in [9.17, 15) is 0 Å². The summed E-state index contributed by atoms with van der Waals surface area (Å²) in [5.41, 5.74) is 2.02. The second-order valence-corrected chi connectivity index (χ2v) is 5.09. The summed E-state index contributed by atoms with van der Waals surface area (Å²) in [6.45, 7) is 8.39. The number of para-hydroxylation sites is 1. The molecule has 0 atom stereocenters. The van der Waals surface area contributed by atoms with Gasteiger partial charge in [0.2, 0.25) is 0 Å². The average molecular weight is 284 g/mol. The average Bonchev–Trinajstić information content (AvgIpc) is 2.52. The Bertz CT molecular complexity index is 580. The first-order valence-electron chi connectivity index (χ1n) is 7.68. The lowest BCUT2D eigenvalue weighted by atomic mass is 10.2. The van der Waals surface area contributed by atoms with E-state index < -0.39 is 0 Å². The molecule has 0 aliphatic rings. The third-order valence-electron chi connectivity index (χ3n) is 3.27. The number of fused-ring (bicyclic) bond motifs is 1. The largest absolute Gasteiger partial charge is 0.493 e. The zero-order valence-corrected chi connectivity index (χ0v) is 12.8. The van der Waals surface area contributed by atoms with Gasteiger partial charge in [0.25, 0.3) is 0 Å². The van der Waals surface area contributed by atoms with Gasteiger partial charge in [0.1, 0.15) is 5.75 Å². The van der Waals surface area contributed by atoms with Crippen LogP contribution in [0, 0.1) is 0 Å². The van der Waals surface area contributed by atoms with Gasteiger partial charge in [-0.25, -0.2) is 0 Å². The molecule has 0 fully saturated rings. The summed E-state index contributed by atoms with van der Waals surface area (Å²) in [6.07, 6.45) is 5.02. The van der Waals surface area contributed by atoms with E-state index in [2.05, 4.69) is 31.0 Å². The number of nitrogens with zero attached hydrogens (tertiary/aromatic N) is 1. The molecule has 0 unspecified atom stereocenters. The van der Waals surface area contributed by atoms with Crippen molar-refractivity contribution in [1.82, 2.24) is 10.3 Å². The number of hydrogen-bond acceptors (Lipinski definition) is 3. The summed E-state index contributed by atoms with van der Waals surface area (Å²) in [5, 5.41) is 4.47. The van der Waals surface area contributed by atoms with Crippen LogP contribution in [0.3, 0.4) is 0 Å². The molecule has 1 N–H and O–H groups in total. The number of allylic oxidation sites excluding steroid dienone is 1. The Morgan fingerprint density at radius 1 is 1.33 bits per heavy atom. The summed E-state index contributed by atoms with van der Waals surface area (Å²) >= 11 is 0. The Morgan fingerprint density at radius 3 is 3.00 bits per heavy atom. The van der Waals surface area contributed by atoms with Crippen LogP contribution in [0.2, 0.25) is 0 Å². The van der Waals surface area contributed by atoms with E-state index in [0.29, 0.717) is 6.61 Å². The highest BCUT2D eigenvalue weighted by atomic mass is 16.5. The maximum absolute atomic E-state index is 5.95. The maximum atomic E-state index is 5.95. The molecular formula is C18H24N2O. The minimum Gasteiger partial charge on any atom is -0.493 e. The highest BCUT2D eigenvalue weighted by Gasteiger charge is 2.06. The lowest BCUT2D eigenvalue weighted by molar-refractivity contribution is 0.315. The number of benzene rings is 1. The number of pyridine rings is 1. The number of ether oxygens (including phenoxy) is 1. The van der Waals surface area contributed by atoms with Crippen LogP contribution in [0.5, 0.6) is 5.75 Å². The molecule has 0 aliphatic carbocycles. The van der Waals surface area contributed by atoms with Crippen LogP contribution in [0.25, 0.3) is 10.9 Å². The minimum absolute atomic E-state index is 0.710. The molecule has 112 valence electrons. The monoisotopic (exact) mass is 284 g/mol. The third kappa shape index (κ3) is 4.57. The Hall–Kier alpha value is -1.87. The van der Waals surface area contributed by atoms with E-state index in [0.717, 1.165) is 54.7 Å². The molecule has 0 radical (unpaired) electrons. The van der Waals surface area contributed by atoms with Crippen molar-refractivity contribution in [3.05, 3.63) is 48.7 Å². The topological polar surface area (TPSA) is 34.1 Å². The van der Waals surface area contributed by atoms with E-state index in [4.69, 9.17) is 9.72 Å². The van der Waals surface area contributed by atoms with Crippen molar-refractivity contribution in [2.75, 3.05) is 13.2 Å². The van der Waals surface area contributed by atoms with Gasteiger partial charge in [-0.3, -0.25) is 4.98 Å². The first kappa shape index (κ1) is 15.5. The summed E-state index contributed by atoms with van der Waals surface area (Å²) in [5.74, 6) is 0.929. The van der Waals surface area contributed by atoms with Crippen LogP contribution in [0.15, 0.2) is 43.0 Å². The van der Waals surface area contributed by atoms with E-state index >= 15 is 0 Å². The Kier molecular flexibility index (Phi) is 6.22. The zero-order chi connectivity index (χ0) is 14.9. The molecular weight excluding hydrogens is 260 g/mol. The molecule has 0 amide bonds. The third-order valence-corrected chi connectivity index (χ3v) is 3.27. The normalized spacial score (nSPS) is 10.7. The van der Waals surface area contributed by atoms with Gasteiger partial charge in [-0.1, -0.05) is 25.1 Å². The molecule has 1 aromatic heterocycles. The van der Waals surface area contributed by atoms with E-state index in [1.54, 1.807) is 0 Å². The highest BCUT2D eigenvalue weighted by molar-refractivity contribution is 5.85. The molecule has 3 heteroatoms. The lowest BCUT2D eigenvalue weighted by Gasteiger charge is -2.11. The van der Waals surface area contributed by atoms with Crippen LogP contribution in [0.4, 0.5) is 0 Å². The Balaban J connectivity index is 2.16. The van der Waals surface area contributed by atoms with Gasteiger partial charge in [0, 0.05) is 18.0 Å². The predicted molar refractivity (Wildman–Crippen MR) is 88.7 cm³/mol. The van der Waals surface area contributed by atoms with Crippen molar-refractivity contribution in [2.24, 2.45) is 0 Å². The second kappa shape index (κ2) is 8.42. The van der Waals surface area contributed by atoms with Gasteiger partial charge >= 0.3 is 0 Å². The number of rotatable bonds is 9. The molecule has 0 saturated carbocycles. The van der Waals surface area contributed by atoms with Crippen molar-refractivity contribution in [3.8, 4) is 5.75 Å². The number of unbranched alkanes of at least 4 members (excludes halogenated alkanes) is 1. The van der Waals surface area contributed by atoms with Crippen molar-refractivity contribution >= 4 is 10.9 Å². The fourth-order valence-electron chi connectivity index (χ4n) is 2.21. The predicted octanol–water partition coefficient (Wildman–Crippen LogP) is 4.08. The fraction of sp³-hybridized carbons (Fsp3) is 0.389. The number of hydrogen-bond donors (Lipinski definition) is 1. The summed E-state index contributed by atoms with van der Waals surface area (Å²) in [6, 6.07) is 10.2. The lowest BCUT2D eigenvalue weighted by Crippen LogP contribution is -2.15. The molecule has 3 nitrogen and oxygen atoms in total. The highest BCUT2D eigenvalue weighted by Crippen LogP contribution is 2.25. The molecule has 2 rings (SSSR count). The molecule has 1 heterocycles. The maximum Gasteiger partial charge on any atom is 0.130 e. The second-order valence-electron chi connectivity index (χ2n) is 5.09. The van der Waals surface area contributed by atoms with E-state index in [-0.39, 0.29) is 0 Å². The van der Waals surface area contributed by atoms with Crippen LogP contribution < -0.4 is 10.1 Å². The summed E-state index contributed by atoms with van der Waals surface area (Å²) in [7, 11) is 0. The van der Waals surface area contributed by atoms with Gasteiger partial charge in [-0.05, 0) is 37.9 Å². The van der Waals surface area contributed by atoms with Crippen LogP contribution >= 0.6 is 0 Å². The number of nitrogens with one attached hydrogen (secondary N) is 1. The molecule has 2 aromatic rings. The van der Waals surface area contributed by atoms with Crippen LogP contribution in [-0.2, 0) is 6.54 Å². The SMILES string of the molecule is C=CCCCOc1cc(CNCCC)nc2ccccc12. The van der Waals surface area contributed by atoms with Gasteiger partial charge in [0.15, 0.2) is 0 Å². The van der Waals surface area contributed by atoms with Crippen LogP contribution in [-0.4, -0.2) is 18.1 Å². The van der Waals surface area contributed by atoms with Gasteiger partial charge in [0.05, 0.1) is 17.8 Å². The smallest absolute Gasteiger partial charge is 0.130 e. The fourth-order valence-corrected chi connectivity index (χ4v) is 2.21. The van der Waals surface area contributed by atoms with Gasteiger partial charge in [-0.15, -0.1) is 6.58 Å². The molecule has 1 aromatic carbocycles. The van der Waals surface area contributed by atoms with Gasteiger partial charge < -0.3 is 10.1 Å². The quantitative estimate of drug-likeness (QED) is 0.556. The molecule has 0 bridgehead atoms. The van der Waals surface area contributed by atoms with Crippen molar-refractivity contribution in [1.29, 1.82) is 0 Å². The zero-order valence-electron chi connectivity index (χ0n) is 12.8. The molecule has 0 spiro atoms. The summed E-state index contributed by atoms with van der Waals surface area (Å²) in [4.78, 5) is 4.69. The van der Waals surface area contributed by atoms with Gasteiger partial charge in [-0.2, -0.15) is 0 Å². The minimum atomic E-state index is 0.710. The molecule has 0 saturated heterocycles. The van der Waals surface area contributed by atoms with E-state index in [1.807, 2.05) is 24.3 Å². The van der Waals surface area contributed by atoms with Crippen molar-refractivity contribution in [2.45, 2.75) is 32.7 Å². The van der Waals surface area contributed by atoms with Crippen molar-refractivity contribution < 1.29 is 4.74 Å². The number of aromatic nitrogens is 1. The van der Waals surface area contributed by atoms with Crippen LogP contribution in [0.1, 0.15) is 31.9 Å². The molecule has 0 aliphatic heterocycles. The first-order chi connectivity index (χ1) is 10.3. The first-order valence-corrected chi connectivity index (χ1v) is 7.68. The van der Waals surface area contributed by atoms with E-state index in [1.165, 1.54) is 0 Å². The van der Waals surface area contributed by atoms with Crippen molar-refractivity contribution in [3.63, 3.8) is 0 Å². The summed E-state index contributed by atoms with van der Waals surface area (Å²) < 4.78 is 5.95. The Morgan fingerprint density at radius 2 is 2.19 bits per heavy atom.